The molecule has 0 aliphatic heterocycles. The summed E-state index contributed by atoms with van der Waals surface area (Å²) in [6.45, 7) is 4.00. The number of ether oxygens (including phenoxy) is 2. The number of aromatic nitrogens is 1. The van der Waals surface area contributed by atoms with E-state index in [0.29, 0.717) is 5.56 Å². The zero-order valence-corrected chi connectivity index (χ0v) is 14.6. The Labute approximate surface area is 147 Å². The number of rotatable bonds is 6. The maximum Gasteiger partial charge on any atom is 0.573 e. The predicted octanol–water partition coefficient (Wildman–Crippen LogP) is 4.24. The third kappa shape index (κ3) is 5.43. The summed E-state index contributed by atoms with van der Waals surface area (Å²) in [6.07, 6.45) is -4.87. The van der Waals surface area contributed by atoms with Crippen molar-refractivity contribution < 1.29 is 32.5 Å². The molecule has 0 amide bonds. The first kappa shape index (κ1) is 20.9. The van der Waals surface area contributed by atoms with Crippen LogP contribution in [0.25, 0.3) is 0 Å². The number of thiazole rings is 1. The van der Waals surface area contributed by atoms with E-state index in [1.165, 1.54) is 36.1 Å². The van der Waals surface area contributed by atoms with E-state index in [1.54, 1.807) is 5.38 Å². The quantitative estimate of drug-likeness (QED) is 0.816. The molecule has 0 aliphatic rings. The van der Waals surface area contributed by atoms with Gasteiger partial charge >= 0.3 is 12.3 Å². The van der Waals surface area contributed by atoms with Crippen molar-refractivity contribution >= 4 is 17.3 Å². The Bertz CT molecular complexity index is 659. The zero-order chi connectivity index (χ0) is 19.1. The minimum Gasteiger partial charge on any atom is -0.479 e. The lowest BCUT2D eigenvalue weighted by Gasteiger charge is -2.26. The molecule has 2 aromatic rings. The normalized spacial score (nSPS) is 13.4. The summed E-state index contributed by atoms with van der Waals surface area (Å²) in [5.74, 6) is -1.62. The van der Waals surface area contributed by atoms with E-state index in [2.05, 4.69) is 9.72 Å². The standard InChI is InChI=1S/C14H12F3NO4S.C2H6/c1-21-13(12(19)20,11-7-23-8-18-11)6-9-2-4-10(5-3-9)22-14(15,16)17;1-2/h2-5,7-8H,6H2,1H3,(H,19,20);1-2H3. The number of hydrogen-bond acceptors (Lipinski definition) is 5. The fraction of sp³-hybridized carbons (Fsp3) is 0.375. The summed E-state index contributed by atoms with van der Waals surface area (Å²) in [5.41, 5.74) is 0.475. The fourth-order valence-electron chi connectivity index (χ4n) is 2.05. The third-order valence-corrected chi connectivity index (χ3v) is 3.74. The second-order valence-corrected chi connectivity index (χ2v) is 5.30. The van der Waals surface area contributed by atoms with Crippen LogP contribution in [0.5, 0.6) is 5.75 Å². The molecule has 25 heavy (non-hydrogen) atoms. The molecule has 0 saturated carbocycles. The number of hydrogen-bond donors (Lipinski definition) is 1. The van der Waals surface area contributed by atoms with Crippen molar-refractivity contribution in [3.63, 3.8) is 0 Å². The number of carboxylic acid groups (broad SMARTS) is 1. The average molecular weight is 377 g/mol. The molecule has 2 rings (SSSR count). The highest BCUT2D eigenvalue weighted by molar-refractivity contribution is 7.07. The van der Waals surface area contributed by atoms with E-state index in [4.69, 9.17) is 4.74 Å². The lowest BCUT2D eigenvalue weighted by Crippen LogP contribution is -2.40. The minimum absolute atomic E-state index is 0.0884. The summed E-state index contributed by atoms with van der Waals surface area (Å²) in [5, 5.41) is 11.1. The molecule has 1 aromatic carbocycles. The van der Waals surface area contributed by atoms with Crippen molar-refractivity contribution in [3.05, 3.63) is 46.4 Å². The maximum atomic E-state index is 12.1. The number of aliphatic carboxylic acids is 1. The van der Waals surface area contributed by atoms with E-state index >= 15 is 0 Å². The Morgan fingerprint density at radius 2 is 1.84 bits per heavy atom. The zero-order valence-electron chi connectivity index (χ0n) is 13.8. The van der Waals surface area contributed by atoms with Crippen LogP contribution >= 0.6 is 11.3 Å². The smallest absolute Gasteiger partial charge is 0.479 e. The molecule has 1 heterocycles. The van der Waals surface area contributed by atoms with Crippen molar-refractivity contribution in [3.8, 4) is 5.75 Å². The van der Waals surface area contributed by atoms with E-state index < -0.39 is 17.9 Å². The third-order valence-electron chi connectivity index (χ3n) is 3.15. The first-order valence-corrected chi connectivity index (χ1v) is 8.23. The number of alkyl halides is 3. The van der Waals surface area contributed by atoms with Crippen LogP contribution in [-0.2, 0) is 21.6 Å². The lowest BCUT2D eigenvalue weighted by molar-refractivity contribution is -0.274. The summed E-state index contributed by atoms with van der Waals surface area (Å²) in [7, 11) is 1.24. The highest BCUT2D eigenvalue weighted by Crippen LogP contribution is 2.31. The SMILES string of the molecule is CC.COC(Cc1ccc(OC(F)(F)F)cc1)(C(=O)O)c1cscn1. The van der Waals surface area contributed by atoms with E-state index in [1.807, 2.05) is 13.8 Å². The van der Waals surface area contributed by atoms with Crippen LogP contribution in [0.1, 0.15) is 25.1 Å². The molecule has 0 aliphatic carbocycles. The van der Waals surface area contributed by atoms with Crippen LogP contribution in [0.3, 0.4) is 0 Å². The molecule has 9 heteroatoms. The van der Waals surface area contributed by atoms with Gasteiger partial charge in [0.25, 0.3) is 0 Å². The molecule has 0 fully saturated rings. The molecule has 0 bridgehead atoms. The van der Waals surface area contributed by atoms with Gasteiger partial charge < -0.3 is 14.6 Å². The predicted molar refractivity (Wildman–Crippen MR) is 86.6 cm³/mol. The maximum absolute atomic E-state index is 12.1. The largest absolute Gasteiger partial charge is 0.573 e. The molecule has 1 N–H and O–H groups in total. The molecule has 0 radical (unpaired) electrons. The Morgan fingerprint density at radius 1 is 1.24 bits per heavy atom. The number of nitrogens with zero attached hydrogens (tertiary/aromatic N) is 1. The van der Waals surface area contributed by atoms with Crippen molar-refractivity contribution in [1.82, 2.24) is 4.98 Å². The van der Waals surface area contributed by atoms with Crippen LogP contribution in [0, 0.1) is 0 Å². The molecule has 138 valence electrons. The van der Waals surface area contributed by atoms with Gasteiger partial charge in [-0.25, -0.2) is 9.78 Å². The minimum atomic E-state index is -4.78. The van der Waals surface area contributed by atoms with E-state index in [-0.39, 0.29) is 17.9 Å². The van der Waals surface area contributed by atoms with Crippen LogP contribution in [0.2, 0.25) is 0 Å². The Morgan fingerprint density at radius 3 is 2.24 bits per heavy atom. The molecule has 5 nitrogen and oxygen atoms in total. The molecule has 0 saturated heterocycles. The van der Waals surface area contributed by atoms with Gasteiger partial charge in [-0.2, -0.15) is 0 Å². The fourth-order valence-corrected chi connectivity index (χ4v) is 2.66. The van der Waals surface area contributed by atoms with Crippen molar-refractivity contribution in [1.29, 1.82) is 0 Å². The van der Waals surface area contributed by atoms with Gasteiger partial charge in [0.2, 0.25) is 5.60 Å². The van der Waals surface area contributed by atoms with Gasteiger partial charge in [-0.3, -0.25) is 0 Å². The van der Waals surface area contributed by atoms with Crippen LogP contribution in [0.4, 0.5) is 13.2 Å². The second kappa shape index (κ2) is 8.82. The molecular weight excluding hydrogens is 359 g/mol. The van der Waals surface area contributed by atoms with Crippen molar-refractivity contribution in [2.75, 3.05) is 7.11 Å². The number of benzene rings is 1. The van der Waals surface area contributed by atoms with E-state index in [0.717, 1.165) is 12.1 Å². The average Bonchev–Trinajstić information content (AvgIpc) is 3.09. The van der Waals surface area contributed by atoms with Gasteiger partial charge in [-0.05, 0) is 17.7 Å². The number of halogens is 3. The van der Waals surface area contributed by atoms with Crippen LogP contribution < -0.4 is 4.74 Å². The number of methoxy groups -OCH3 is 1. The molecular formula is C16H18F3NO4S. The van der Waals surface area contributed by atoms with Crippen molar-refractivity contribution in [2.24, 2.45) is 0 Å². The molecule has 1 aromatic heterocycles. The highest BCUT2D eigenvalue weighted by Gasteiger charge is 2.43. The van der Waals surface area contributed by atoms with Gasteiger partial charge in [0.1, 0.15) is 5.75 Å². The van der Waals surface area contributed by atoms with Gasteiger partial charge in [-0.1, -0.05) is 26.0 Å². The summed E-state index contributed by atoms with van der Waals surface area (Å²) < 4.78 is 45.4. The van der Waals surface area contributed by atoms with Gasteiger partial charge in [0.05, 0.1) is 11.2 Å². The summed E-state index contributed by atoms with van der Waals surface area (Å²) in [6, 6.07) is 4.94. The van der Waals surface area contributed by atoms with Gasteiger partial charge in [0.15, 0.2) is 0 Å². The monoisotopic (exact) mass is 377 g/mol. The van der Waals surface area contributed by atoms with Crippen LogP contribution in [0.15, 0.2) is 35.2 Å². The van der Waals surface area contributed by atoms with Crippen molar-refractivity contribution in [2.45, 2.75) is 32.2 Å². The Kier molecular flexibility index (Phi) is 7.38. The Hall–Kier alpha value is -2.13. The highest BCUT2D eigenvalue weighted by atomic mass is 32.1. The van der Waals surface area contributed by atoms with Gasteiger partial charge in [-0.15, -0.1) is 24.5 Å². The molecule has 1 unspecified atom stereocenters. The number of carboxylic acids is 1. The van der Waals surface area contributed by atoms with Crippen LogP contribution in [-0.4, -0.2) is 29.5 Å². The summed E-state index contributed by atoms with van der Waals surface area (Å²) in [4.78, 5) is 15.7. The second-order valence-electron chi connectivity index (χ2n) is 4.58. The first-order chi connectivity index (χ1) is 11.8. The lowest BCUT2D eigenvalue weighted by atomic mass is 9.91. The summed E-state index contributed by atoms with van der Waals surface area (Å²) >= 11 is 1.22. The topological polar surface area (TPSA) is 68.7 Å². The first-order valence-electron chi connectivity index (χ1n) is 7.29. The van der Waals surface area contributed by atoms with Gasteiger partial charge in [0, 0.05) is 18.9 Å². The molecule has 1 atom stereocenters. The Balaban J connectivity index is 0.00000151. The number of carbonyl (C=O) groups is 1. The van der Waals surface area contributed by atoms with E-state index in [9.17, 15) is 23.1 Å². The molecule has 0 spiro atoms.